The van der Waals surface area contributed by atoms with Gasteiger partial charge in [-0.15, -0.1) is 0 Å². The molecular weight excluding hydrogens is 218 g/mol. The number of nitrogens with two attached hydrogens (primary N) is 1. The van der Waals surface area contributed by atoms with Gasteiger partial charge in [-0.2, -0.15) is 5.10 Å². The third-order valence-electron chi connectivity index (χ3n) is 2.21. The van der Waals surface area contributed by atoms with Crippen LogP contribution < -0.4 is 5.73 Å². The van der Waals surface area contributed by atoms with Crippen LogP contribution in [0, 0.1) is 0 Å². The first-order valence-electron chi connectivity index (χ1n) is 5.17. The van der Waals surface area contributed by atoms with Crippen molar-refractivity contribution in [1.29, 1.82) is 0 Å². The van der Waals surface area contributed by atoms with Crippen molar-refractivity contribution in [2.45, 2.75) is 6.54 Å². The maximum absolute atomic E-state index is 8.80. The number of aliphatic hydroxyl groups excluding tert-OH is 1. The van der Waals surface area contributed by atoms with E-state index in [9.17, 15) is 0 Å². The van der Waals surface area contributed by atoms with E-state index in [1.807, 2.05) is 12.1 Å². The highest BCUT2D eigenvalue weighted by Crippen LogP contribution is 2.20. The number of rotatable bonds is 4. The van der Waals surface area contributed by atoms with Crippen LogP contribution in [0.5, 0.6) is 0 Å². The highest BCUT2D eigenvalue weighted by Gasteiger charge is 2.04. The Kier molecular flexibility index (Phi) is 3.46. The Morgan fingerprint density at radius 1 is 1.47 bits per heavy atom. The van der Waals surface area contributed by atoms with Crippen LogP contribution >= 0.6 is 0 Å². The molecule has 0 spiro atoms. The van der Waals surface area contributed by atoms with E-state index in [1.54, 1.807) is 24.8 Å². The summed E-state index contributed by atoms with van der Waals surface area (Å²) in [4.78, 5) is 8.20. The molecule has 2 aromatic heterocycles. The molecule has 0 amide bonds. The summed E-state index contributed by atoms with van der Waals surface area (Å²) in [7, 11) is 0. The molecule has 0 aliphatic carbocycles. The first-order valence-corrected chi connectivity index (χ1v) is 5.17. The number of nitrogens with zero attached hydrogens (tertiary/aromatic N) is 4. The summed E-state index contributed by atoms with van der Waals surface area (Å²) in [6.07, 6.45) is 6.64. The van der Waals surface area contributed by atoms with Gasteiger partial charge in [0.1, 0.15) is 11.5 Å². The van der Waals surface area contributed by atoms with E-state index in [0.717, 1.165) is 5.56 Å². The van der Waals surface area contributed by atoms with Crippen molar-refractivity contribution in [3.05, 3.63) is 36.3 Å². The lowest BCUT2D eigenvalue weighted by molar-refractivity contribution is 0.270. The van der Waals surface area contributed by atoms with Crippen LogP contribution in [-0.2, 0) is 6.54 Å². The van der Waals surface area contributed by atoms with Crippen molar-refractivity contribution in [3.63, 3.8) is 0 Å². The number of aliphatic imine (C=N–C) groups is 1. The van der Waals surface area contributed by atoms with Crippen molar-refractivity contribution < 1.29 is 5.11 Å². The molecule has 3 N–H and O–H groups in total. The molecule has 2 heterocycles. The number of hydrogen-bond acceptors (Lipinski definition) is 5. The third-order valence-corrected chi connectivity index (χ3v) is 2.21. The SMILES string of the molecule is Nc1c(/N=C/c2cccnc2)cnn1CCO. The van der Waals surface area contributed by atoms with Crippen molar-refractivity contribution in [2.75, 3.05) is 12.3 Å². The molecule has 6 nitrogen and oxygen atoms in total. The Balaban J connectivity index is 2.16. The third kappa shape index (κ3) is 2.67. The molecule has 17 heavy (non-hydrogen) atoms. The number of anilines is 1. The monoisotopic (exact) mass is 231 g/mol. The Labute approximate surface area is 98.4 Å². The van der Waals surface area contributed by atoms with Gasteiger partial charge in [-0.25, -0.2) is 4.68 Å². The fourth-order valence-electron chi connectivity index (χ4n) is 1.35. The number of nitrogen functional groups attached to an aromatic ring is 1. The summed E-state index contributed by atoms with van der Waals surface area (Å²) in [5, 5.41) is 12.8. The minimum Gasteiger partial charge on any atom is -0.394 e. The molecule has 0 aliphatic heterocycles. The van der Waals surface area contributed by atoms with E-state index in [2.05, 4.69) is 15.1 Å². The van der Waals surface area contributed by atoms with Gasteiger partial charge in [-0.3, -0.25) is 9.98 Å². The molecule has 0 aliphatic rings. The van der Waals surface area contributed by atoms with Gasteiger partial charge in [0.2, 0.25) is 0 Å². The van der Waals surface area contributed by atoms with Gasteiger partial charge >= 0.3 is 0 Å². The minimum atomic E-state index is -0.00234. The highest BCUT2D eigenvalue weighted by atomic mass is 16.3. The number of hydrogen-bond donors (Lipinski definition) is 2. The van der Waals surface area contributed by atoms with Crippen LogP contribution in [0.2, 0.25) is 0 Å². The minimum absolute atomic E-state index is 0.00234. The summed E-state index contributed by atoms with van der Waals surface area (Å²) < 4.78 is 1.51. The zero-order chi connectivity index (χ0) is 12.1. The Morgan fingerprint density at radius 2 is 2.35 bits per heavy atom. The van der Waals surface area contributed by atoms with E-state index in [4.69, 9.17) is 10.8 Å². The predicted octanol–water partition coefficient (Wildman–Crippen LogP) is 0.603. The van der Waals surface area contributed by atoms with E-state index in [-0.39, 0.29) is 6.61 Å². The van der Waals surface area contributed by atoms with Crippen LogP contribution in [0.4, 0.5) is 11.5 Å². The molecule has 88 valence electrons. The lowest BCUT2D eigenvalue weighted by atomic mass is 10.3. The van der Waals surface area contributed by atoms with Gasteiger partial charge in [0, 0.05) is 24.2 Å². The lowest BCUT2D eigenvalue weighted by Crippen LogP contribution is -2.07. The number of pyridine rings is 1. The maximum atomic E-state index is 8.80. The molecule has 0 radical (unpaired) electrons. The van der Waals surface area contributed by atoms with Crippen molar-refractivity contribution in [1.82, 2.24) is 14.8 Å². The fourth-order valence-corrected chi connectivity index (χ4v) is 1.35. The van der Waals surface area contributed by atoms with Crippen molar-refractivity contribution in [3.8, 4) is 0 Å². The summed E-state index contributed by atoms with van der Waals surface area (Å²) in [6.45, 7) is 0.367. The zero-order valence-electron chi connectivity index (χ0n) is 9.19. The first-order chi connectivity index (χ1) is 8.31. The summed E-state index contributed by atoms with van der Waals surface area (Å²) in [6, 6.07) is 3.73. The topological polar surface area (TPSA) is 89.3 Å². The van der Waals surface area contributed by atoms with Gasteiger partial charge in [0.25, 0.3) is 0 Å². The molecule has 0 atom stereocenters. The normalized spacial score (nSPS) is 11.1. The molecule has 0 fully saturated rings. The van der Waals surface area contributed by atoms with Gasteiger partial charge in [0.05, 0.1) is 19.3 Å². The Morgan fingerprint density at radius 3 is 3.06 bits per heavy atom. The highest BCUT2D eigenvalue weighted by molar-refractivity contribution is 5.82. The fraction of sp³-hybridized carbons (Fsp3) is 0.182. The van der Waals surface area contributed by atoms with Crippen molar-refractivity contribution >= 4 is 17.7 Å². The summed E-state index contributed by atoms with van der Waals surface area (Å²) >= 11 is 0. The largest absolute Gasteiger partial charge is 0.394 e. The molecule has 0 unspecified atom stereocenters. The van der Waals surface area contributed by atoms with E-state index >= 15 is 0 Å². The quantitative estimate of drug-likeness (QED) is 0.754. The molecule has 0 saturated heterocycles. The Hall–Kier alpha value is -2.21. The lowest BCUT2D eigenvalue weighted by Gasteiger charge is -1.99. The second-order valence-electron chi connectivity index (χ2n) is 3.41. The Bertz CT molecular complexity index is 506. The second-order valence-corrected chi connectivity index (χ2v) is 3.41. The standard InChI is InChI=1S/C11H13N5O/c12-11-10(8-15-16(11)4-5-17)14-7-9-2-1-3-13-6-9/h1-3,6-8,17H,4-5,12H2/b14-7+. The van der Waals surface area contributed by atoms with Crippen LogP contribution in [0.3, 0.4) is 0 Å². The predicted molar refractivity (Wildman–Crippen MR) is 65.2 cm³/mol. The zero-order valence-corrected chi connectivity index (χ0v) is 9.19. The first kappa shape index (κ1) is 11.3. The maximum Gasteiger partial charge on any atom is 0.147 e. The van der Waals surface area contributed by atoms with Gasteiger partial charge in [-0.1, -0.05) is 6.07 Å². The number of aromatic nitrogens is 3. The van der Waals surface area contributed by atoms with Gasteiger partial charge in [0.15, 0.2) is 0 Å². The average Bonchev–Trinajstić information content (AvgIpc) is 2.70. The van der Waals surface area contributed by atoms with Crippen molar-refractivity contribution in [2.24, 2.45) is 4.99 Å². The van der Waals surface area contributed by atoms with E-state index in [1.165, 1.54) is 4.68 Å². The average molecular weight is 231 g/mol. The van der Waals surface area contributed by atoms with Gasteiger partial charge < -0.3 is 10.8 Å². The summed E-state index contributed by atoms with van der Waals surface area (Å²) in [5.74, 6) is 0.444. The smallest absolute Gasteiger partial charge is 0.147 e. The molecule has 2 aromatic rings. The van der Waals surface area contributed by atoms with E-state index < -0.39 is 0 Å². The van der Waals surface area contributed by atoms with Crippen LogP contribution in [-0.4, -0.2) is 32.7 Å². The molecule has 0 bridgehead atoms. The molecule has 6 heteroatoms. The molecular formula is C11H13N5O. The molecule has 0 saturated carbocycles. The van der Waals surface area contributed by atoms with Crippen LogP contribution in [0.25, 0.3) is 0 Å². The van der Waals surface area contributed by atoms with E-state index in [0.29, 0.717) is 18.1 Å². The van der Waals surface area contributed by atoms with Crippen LogP contribution in [0.1, 0.15) is 5.56 Å². The van der Waals surface area contributed by atoms with Gasteiger partial charge in [-0.05, 0) is 6.07 Å². The number of aliphatic hydroxyl groups is 1. The second kappa shape index (κ2) is 5.22. The summed E-state index contributed by atoms with van der Waals surface area (Å²) in [5.41, 5.74) is 7.29. The van der Waals surface area contributed by atoms with Crippen LogP contribution in [0.15, 0.2) is 35.7 Å². The molecule has 2 rings (SSSR count). The molecule has 0 aromatic carbocycles.